The molecule has 2 aliphatic rings. The number of benzene rings is 1. The third-order valence-electron chi connectivity index (χ3n) is 8.73. The van der Waals surface area contributed by atoms with Gasteiger partial charge in [0.2, 0.25) is 0 Å². The minimum Gasteiger partial charge on any atom is -0.362 e. The molecule has 2 amide bonds. The average molecular weight is 534 g/mol. The largest absolute Gasteiger partial charge is 0.362 e. The van der Waals surface area contributed by atoms with Crippen LogP contribution in [0, 0.1) is 0 Å². The van der Waals surface area contributed by atoms with Crippen LogP contribution in [0.5, 0.6) is 0 Å². The number of piperidine rings is 1. The number of halogens is 1. The highest BCUT2D eigenvalue weighted by Crippen LogP contribution is 2.49. The zero-order valence-corrected chi connectivity index (χ0v) is 24.2. The van der Waals surface area contributed by atoms with Gasteiger partial charge in [-0.25, -0.2) is 4.79 Å². The first-order valence-corrected chi connectivity index (χ1v) is 16.2. The molecule has 3 atom stereocenters. The number of likely N-dealkylation sites (tertiary alicyclic amines) is 1. The zero-order valence-electron chi connectivity index (χ0n) is 21.6. The second-order valence-corrected chi connectivity index (χ2v) is 17.3. The van der Waals surface area contributed by atoms with Crippen molar-refractivity contribution in [3.05, 3.63) is 33.9 Å². The lowest BCUT2D eigenvalue weighted by Gasteiger charge is -2.46. The van der Waals surface area contributed by atoms with Crippen LogP contribution in [0.25, 0.3) is 10.9 Å². The van der Waals surface area contributed by atoms with Gasteiger partial charge in [-0.15, -0.1) is 0 Å². The molecule has 5 nitrogen and oxygen atoms in total. The van der Waals surface area contributed by atoms with E-state index in [1.165, 1.54) is 26.6 Å². The standard InChI is InChI=1S/C26H41BrN4OSi/c1-9-30(10-2)25(32)28-17-14-19-18-12-11-13-21-23(18)20(15-22(19)29(6)16-17)24(27)31(21)33(7,8)26(3,4)5/h11-13,17,19,22H,9-10,14-16H2,1-8H3,(H,28,32)/t17-,19-,22-/m1/s1. The Kier molecular flexibility index (Phi) is 6.55. The van der Waals surface area contributed by atoms with E-state index in [1.807, 2.05) is 18.7 Å². The van der Waals surface area contributed by atoms with Gasteiger partial charge in [-0.05, 0) is 71.9 Å². The van der Waals surface area contributed by atoms with Gasteiger partial charge >= 0.3 is 6.03 Å². The summed E-state index contributed by atoms with van der Waals surface area (Å²) >= 11 is 4.08. The van der Waals surface area contributed by atoms with Crippen LogP contribution in [0.2, 0.25) is 18.1 Å². The van der Waals surface area contributed by atoms with Crippen LogP contribution < -0.4 is 5.32 Å². The molecule has 0 bridgehead atoms. The predicted molar refractivity (Wildman–Crippen MR) is 145 cm³/mol. The maximum absolute atomic E-state index is 12.8. The van der Waals surface area contributed by atoms with Gasteiger partial charge in [0.15, 0.2) is 8.24 Å². The number of fused-ring (bicyclic) bond motifs is 2. The van der Waals surface area contributed by atoms with Crippen molar-refractivity contribution in [1.29, 1.82) is 0 Å². The normalized spacial score (nSPS) is 23.5. The molecule has 2 aromatic rings. The fourth-order valence-electron chi connectivity index (χ4n) is 5.84. The summed E-state index contributed by atoms with van der Waals surface area (Å²) in [4.78, 5) is 17.1. The Morgan fingerprint density at radius 3 is 2.52 bits per heavy atom. The van der Waals surface area contributed by atoms with Gasteiger partial charge in [-0.2, -0.15) is 0 Å². The summed E-state index contributed by atoms with van der Waals surface area (Å²) in [5.41, 5.74) is 4.33. The smallest absolute Gasteiger partial charge is 0.317 e. The maximum Gasteiger partial charge on any atom is 0.317 e. The quantitative estimate of drug-likeness (QED) is 0.489. The van der Waals surface area contributed by atoms with Crippen molar-refractivity contribution in [2.75, 3.05) is 26.7 Å². The highest BCUT2D eigenvalue weighted by atomic mass is 79.9. The number of carbonyl (C=O) groups excluding carboxylic acids is 1. The number of hydrogen-bond donors (Lipinski definition) is 1. The van der Waals surface area contributed by atoms with Crippen LogP contribution in [0.15, 0.2) is 22.8 Å². The molecule has 33 heavy (non-hydrogen) atoms. The Labute approximate surface area is 209 Å². The fraction of sp³-hybridized carbons (Fsp3) is 0.654. The SMILES string of the molecule is CCN(CC)C(=O)N[C@@H]1C[C@@H]2c3cccc4c3c(c(Br)n4[Si](C)(C)C(C)(C)C)C[C@H]2N(C)C1. The van der Waals surface area contributed by atoms with E-state index < -0.39 is 8.24 Å². The minimum atomic E-state index is -1.81. The predicted octanol–water partition coefficient (Wildman–Crippen LogP) is 6.02. The summed E-state index contributed by atoms with van der Waals surface area (Å²) < 4.78 is 3.96. The number of carbonyl (C=O) groups is 1. The molecular formula is C26H41BrN4OSi. The molecule has 4 rings (SSSR count). The Balaban J connectivity index is 1.76. The summed E-state index contributed by atoms with van der Waals surface area (Å²) in [5.74, 6) is 0.434. The molecule has 1 N–H and O–H groups in total. The van der Waals surface area contributed by atoms with E-state index >= 15 is 0 Å². The van der Waals surface area contributed by atoms with Crippen LogP contribution >= 0.6 is 15.9 Å². The average Bonchev–Trinajstić information content (AvgIpc) is 3.02. The molecule has 1 aromatic carbocycles. The Morgan fingerprint density at radius 1 is 1.24 bits per heavy atom. The molecule has 1 aliphatic heterocycles. The van der Waals surface area contributed by atoms with Crippen molar-refractivity contribution < 1.29 is 4.79 Å². The van der Waals surface area contributed by atoms with Crippen LogP contribution in [0.3, 0.4) is 0 Å². The molecule has 0 radical (unpaired) electrons. The number of aromatic nitrogens is 1. The van der Waals surface area contributed by atoms with E-state index in [1.54, 1.807) is 0 Å². The zero-order chi connectivity index (χ0) is 24.3. The number of likely N-dealkylation sites (N-methyl/N-ethyl adjacent to an activating group) is 1. The van der Waals surface area contributed by atoms with Gasteiger partial charge in [0, 0.05) is 48.5 Å². The third-order valence-corrected chi connectivity index (χ3v) is 15.1. The number of hydrogen-bond acceptors (Lipinski definition) is 2. The number of amides is 2. The van der Waals surface area contributed by atoms with Gasteiger partial charge < -0.3 is 19.3 Å². The van der Waals surface area contributed by atoms with Gasteiger partial charge in [0.05, 0.1) is 4.60 Å². The molecular weight excluding hydrogens is 492 g/mol. The molecule has 7 heteroatoms. The Bertz CT molecular complexity index is 1050. The van der Waals surface area contributed by atoms with Crippen molar-refractivity contribution in [1.82, 2.24) is 19.3 Å². The maximum atomic E-state index is 12.8. The van der Waals surface area contributed by atoms with Crippen molar-refractivity contribution in [3.63, 3.8) is 0 Å². The van der Waals surface area contributed by atoms with E-state index in [2.05, 4.69) is 89.5 Å². The molecule has 1 aliphatic carbocycles. The van der Waals surface area contributed by atoms with Crippen LogP contribution in [-0.2, 0) is 6.42 Å². The van der Waals surface area contributed by atoms with Gasteiger partial charge in [-0.3, -0.25) is 0 Å². The van der Waals surface area contributed by atoms with Gasteiger partial charge in [0.1, 0.15) is 0 Å². The van der Waals surface area contributed by atoms with Crippen LogP contribution in [-0.4, -0.2) is 67.1 Å². The molecule has 0 spiro atoms. The van der Waals surface area contributed by atoms with Crippen molar-refractivity contribution in [3.8, 4) is 0 Å². The highest BCUT2D eigenvalue weighted by molar-refractivity contribution is 9.10. The molecule has 1 saturated heterocycles. The number of urea groups is 1. The first kappa shape index (κ1) is 24.8. The molecule has 2 heterocycles. The van der Waals surface area contributed by atoms with Crippen LogP contribution in [0.4, 0.5) is 4.79 Å². The minimum absolute atomic E-state index is 0.0679. The molecule has 0 unspecified atom stereocenters. The number of nitrogens with one attached hydrogen (secondary N) is 1. The first-order chi connectivity index (χ1) is 15.4. The third kappa shape index (κ3) is 3.98. The fourth-order valence-corrected chi connectivity index (χ4v) is 9.81. The Morgan fingerprint density at radius 2 is 1.91 bits per heavy atom. The highest BCUT2D eigenvalue weighted by Gasteiger charge is 2.45. The van der Waals surface area contributed by atoms with Gasteiger partial charge in [0.25, 0.3) is 0 Å². The number of nitrogens with zero attached hydrogens (tertiary/aromatic N) is 3. The second-order valence-electron chi connectivity index (χ2n) is 11.5. The van der Waals surface area contributed by atoms with E-state index in [9.17, 15) is 4.79 Å². The second kappa shape index (κ2) is 8.72. The lowest BCUT2D eigenvalue weighted by atomic mass is 9.74. The first-order valence-electron chi connectivity index (χ1n) is 12.5. The molecule has 0 saturated carbocycles. The van der Waals surface area contributed by atoms with E-state index in [4.69, 9.17) is 0 Å². The lowest BCUT2D eigenvalue weighted by Crippen LogP contribution is -2.56. The molecule has 1 aromatic heterocycles. The van der Waals surface area contributed by atoms with E-state index in [-0.39, 0.29) is 17.1 Å². The summed E-state index contributed by atoms with van der Waals surface area (Å²) in [6.07, 6.45) is 2.07. The summed E-state index contributed by atoms with van der Waals surface area (Å²) in [5, 5.41) is 5.04. The topological polar surface area (TPSA) is 40.5 Å². The van der Waals surface area contributed by atoms with E-state index in [0.717, 1.165) is 32.5 Å². The Hall–Kier alpha value is -1.31. The van der Waals surface area contributed by atoms with E-state index in [0.29, 0.717) is 12.0 Å². The summed E-state index contributed by atoms with van der Waals surface area (Å²) in [6, 6.07) is 7.62. The molecule has 182 valence electrons. The van der Waals surface area contributed by atoms with Crippen molar-refractivity contribution in [2.24, 2.45) is 0 Å². The molecule has 1 fully saturated rings. The van der Waals surface area contributed by atoms with Crippen molar-refractivity contribution in [2.45, 2.75) is 83.6 Å². The van der Waals surface area contributed by atoms with Crippen LogP contribution in [0.1, 0.15) is 58.1 Å². The monoisotopic (exact) mass is 532 g/mol. The summed E-state index contributed by atoms with van der Waals surface area (Å²) in [7, 11) is 0.424. The summed E-state index contributed by atoms with van der Waals surface area (Å²) in [6.45, 7) is 18.6. The van der Waals surface area contributed by atoms with Crippen molar-refractivity contribution >= 4 is 41.1 Å². The van der Waals surface area contributed by atoms with Gasteiger partial charge in [-0.1, -0.05) is 46.0 Å². The lowest BCUT2D eigenvalue weighted by molar-refractivity contribution is 0.124. The number of rotatable bonds is 4.